The predicted octanol–water partition coefficient (Wildman–Crippen LogP) is 20.4. The molecule has 0 atom stereocenters. The van der Waals surface area contributed by atoms with Gasteiger partial charge in [-0.25, -0.2) is 4.85 Å². The monoisotopic (exact) mass is 1120 g/mol. The summed E-state index contributed by atoms with van der Waals surface area (Å²) in [6.07, 6.45) is 11.5. The van der Waals surface area contributed by atoms with Crippen molar-refractivity contribution >= 4 is 49.3 Å². The molecule has 0 saturated heterocycles. The Morgan fingerprint density at radius 3 is 0.886 bits per heavy atom. The molecule has 0 amide bonds. The van der Waals surface area contributed by atoms with Gasteiger partial charge >= 0.3 is 0 Å². The molecule has 7 aromatic heterocycles. The second-order valence-electron chi connectivity index (χ2n) is 21.9. The quantitative estimate of drug-likeness (QED) is 0.121. The average Bonchev–Trinajstić information content (AvgIpc) is 1.63. The number of pyridine rings is 5. The minimum absolute atomic E-state index is 0.523. The van der Waals surface area contributed by atoms with E-state index in [1.807, 2.05) is 104 Å². The lowest BCUT2D eigenvalue weighted by Crippen LogP contribution is -2.05. The van der Waals surface area contributed by atoms with E-state index in [4.69, 9.17) is 31.5 Å². The minimum Gasteiger partial charge on any atom is -0.307 e. The third-order valence-electron chi connectivity index (χ3n) is 16.9. The van der Waals surface area contributed by atoms with Crippen LogP contribution in [-0.2, 0) is 0 Å². The molecule has 0 aliphatic rings. The van der Waals surface area contributed by atoms with Crippen LogP contribution in [0.5, 0.6) is 0 Å². The van der Waals surface area contributed by atoms with Crippen molar-refractivity contribution in [3.63, 3.8) is 0 Å². The normalized spacial score (nSPS) is 11.4. The number of hydrogen-bond acceptors (Lipinski definition) is 5. The lowest BCUT2D eigenvalue weighted by molar-refractivity contribution is 1.09. The van der Waals surface area contributed by atoms with E-state index in [1.165, 1.54) is 0 Å². The first-order valence-electron chi connectivity index (χ1n) is 29.3. The van der Waals surface area contributed by atoms with Crippen molar-refractivity contribution in [3.8, 4) is 112 Å². The van der Waals surface area contributed by atoms with Crippen LogP contribution in [-0.4, -0.2) is 34.1 Å². The summed E-state index contributed by atoms with van der Waals surface area (Å²) in [6.45, 7) is 8.44. The Balaban J connectivity index is 1.02. The van der Waals surface area contributed by atoms with Crippen LogP contribution >= 0.6 is 0 Å². The highest BCUT2D eigenvalue weighted by atomic mass is 15.0. The highest BCUT2D eigenvalue weighted by Gasteiger charge is 2.26. The summed E-state index contributed by atoms with van der Waals surface area (Å²) in [5.74, 6) is 0. The molecular formula is C80H50N8. The fourth-order valence-corrected chi connectivity index (χ4v) is 12.9. The van der Waals surface area contributed by atoms with Gasteiger partial charge in [0.05, 0.1) is 75.2 Å². The molecule has 0 unspecified atom stereocenters. The Morgan fingerprint density at radius 2 is 0.580 bits per heavy atom. The van der Waals surface area contributed by atoms with Gasteiger partial charge in [0.15, 0.2) is 5.69 Å². The molecule has 0 fully saturated rings. The molecule has 0 spiro atoms. The van der Waals surface area contributed by atoms with Gasteiger partial charge in [-0.2, -0.15) is 0 Å². The van der Waals surface area contributed by atoms with E-state index in [2.05, 4.69) is 214 Å². The van der Waals surface area contributed by atoms with E-state index in [9.17, 15) is 0 Å². The zero-order chi connectivity index (χ0) is 58.5. The maximum Gasteiger partial charge on any atom is 0.187 e. The van der Waals surface area contributed by atoms with Crippen molar-refractivity contribution in [2.45, 2.75) is 0 Å². The fraction of sp³-hybridized carbons (Fsp3) is 0. The molecule has 8 nitrogen and oxygen atoms in total. The van der Waals surface area contributed by atoms with Gasteiger partial charge < -0.3 is 9.13 Å². The van der Waals surface area contributed by atoms with E-state index in [1.54, 1.807) is 0 Å². The van der Waals surface area contributed by atoms with Gasteiger partial charge in [0.1, 0.15) is 0 Å². The minimum atomic E-state index is 0.523. The first-order valence-corrected chi connectivity index (χ1v) is 29.3. The van der Waals surface area contributed by atoms with Gasteiger partial charge in [0, 0.05) is 96.4 Å². The Kier molecular flexibility index (Phi) is 12.7. The van der Waals surface area contributed by atoms with Crippen molar-refractivity contribution in [2.75, 3.05) is 0 Å². The third kappa shape index (κ3) is 8.89. The van der Waals surface area contributed by atoms with Crippen LogP contribution in [0.25, 0.3) is 160 Å². The Labute approximate surface area is 508 Å². The van der Waals surface area contributed by atoms with Gasteiger partial charge in [-0.1, -0.05) is 212 Å². The molecule has 0 aliphatic heterocycles. The van der Waals surface area contributed by atoms with Gasteiger partial charge in [0.2, 0.25) is 0 Å². The molecule has 7 heterocycles. The number of benzene rings is 9. The Morgan fingerprint density at radius 1 is 0.273 bits per heavy atom. The SMILES string of the molecule is [C-]#[N+]c1cccc(-c2c(-n3c4cc(-c5cccnc5-c5ccccc5)ccc4c4ccc(-c5cccnc5-c5ccccc5)cc43)cncc2-n2c3cc(-c4cccnc4-c4ccccc4)ccc3c3ccc(-c4cccnc4-c4ccccc4)cc32)c1. The molecule has 0 saturated carbocycles. The molecule has 16 aromatic rings. The van der Waals surface area contributed by atoms with Crippen molar-refractivity contribution in [1.82, 2.24) is 34.1 Å². The van der Waals surface area contributed by atoms with E-state index < -0.39 is 0 Å². The summed E-state index contributed by atoms with van der Waals surface area (Å²) in [7, 11) is 0. The largest absolute Gasteiger partial charge is 0.307 e. The van der Waals surface area contributed by atoms with E-state index in [-0.39, 0.29) is 0 Å². The van der Waals surface area contributed by atoms with Crippen LogP contribution in [0.4, 0.5) is 5.69 Å². The topological polar surface area (TPSA) is 78.7 Å². The number of rotatable bonds is 11. The predicted molar refractivity (Wildman–Crippen MR) is 359 cm³/mol. The first-order chi connectivity index (χ1) is 43.6. The number of aromatic nitrogens is 7. The first kappa shape index (κ1) is 51.5. The molecular weight excluding hydrogens is 1070 g/mol. The second kappa shape index (κ2) is 21.8. The van der Waals surface area contributed by atoms with Gasteiger partial charge in [-0.15, -0.1) is 0 Å². The summed E-state index contributed by atoms with van der Waals surface area (Å²) in [6, 6.07) is 93.3. The summed E-state index contributed by atoms with van der Waals surface area (Å²) in [5.41, 5.74) is 23.7. The molecule has 0 bridgehead atoms. The van der Waals surface area contributed by atoms with Crippen molar-refractivity contribution in [1.29, 1.82) is 0 Å². The molecule has 16 rings (SSSR count). The van der Waals surface area contributed by atoms with E-state index in [0.717, 1.165) is 156 Å². The van der Waals surface area contributed by atoms with Crippen molar-refractivity contribution in [3.05, 3.63) is 316 Å². The van der Waals surface area contributed by atoms with Gasteiger partial charge in [-0.05, 0) is 82.4 Å². The molecule has 0 radical (unpaired) electrons. The average molecular weight is 1120 g/mol. The van der Waals surface area contributed by atoms with Crippen LogP contribution in [0.1, 0.15) is 0 Å². The Hall–Kier alpha value is -12.2. The molecule has 9 aromatic carbocycles. The number of hydrogen-bond donors (Lipinski definition) is 0. The molecule has 410 valence electrons. The summed E-state index contributed by atoms with van der Waals surface area (Å²) < 4.78 is 4.78. The van der Waals surface area contributed by atoms with Crippen molar-refractivity contribution < 1.29 is 0 Å². The maximum absolute atomic E-state index is 8.44. The lowest BCUT2D eigenvalue weighted by Gasteiger charge is -2.20. The zero-order valence-corrected chi connectivity index (χ0v) is 47.4. The fourth-order valence-electron chi connectivity index (χ4n) is 12.9. The molecule has 8 heteroatoms. The van der Waals surface area contributed by atoms with E-state index in [0.29, 0.717) is 5.69 Å². The number of fused-ring (bicyclic) bond motifs is 6. The van der Waals surface area contributed by atoms with Crippen LogP contribution in [0.3, 0.4) is 0 Å². The summed E-state index contributed by atoms with van der Waals surface area (Å²) >= 11 is 0. The smallest absolute Gasteiger partial charge is 0.187 e. The molecule has 0 aliphatic carbocycles. The molecule has 88 heavy (non-hydrogen) atoms. The highest BCUT2D eigenvalue weighted by molar-refractivity contribution is 6.14. The summed E-state index contributed by atoms with van der Waals surface area (Å²) in [4.78, 5) is 29.4. The Bertz CT molecular complexity index is 4810. The van der Waals surface area contributed by atoms with E-state index >= 15 is 0 Å². The molecule has 0 N–H and O–H groups in total. The van der Waals surface area contributed by atoms with Crippen molar-refractivity contribution in [2.24, 2.45) is 0 Å². The highest BCUT2D eigenvalue weighted by Crippen LogP contribution is 2.47. The maximum atomic E-state index is 8.44. The zero-order valence-electron chi connectivity index (χ0n) is 47.4. The lowest BCUT2D eigenvalue weighted by atomic mass is 9.97. The standard InChI is InChI=1S/C80H50N8/c1-81-61-28-14-27-60(45-61)76-74(87-70-46-56(62-29-15-41-83-77(62)52-19-6-2-7-20-52)33-37-66(70)67-38-34-57(47-71(67)87)63-30-16-42-84-78(63)53-21-8-3-9-22-53)50-82-51-75(76)88-72-48-58(64-31-17-43-85-79(64)54-23-10-4-11-24-54)35-39-68(72)69-40-36-59(49-73(69)88)65-32-18-44-86-80(65)55-25-12-5-13-26-55/h2-51H. The third-order valence-corrected chi connectivity index (χ3v) is 16.9. The van der Waals surface area contributed by atoms with Gasteiger partial charge in [-0.3, -0.25) is 24.9 Å². The second-order valence-corrected chi connectivity index (χ2v) is 21.9. The summed E-state index contributed by atoms with van der Waals surface area (Å²) in [5, 5.41) is 4.27. The van der Waals surface area contributed by atoms with Crippen LogP contribution in [0.2, 0.25) is 0 Å². The van der Waals surface area contributed by atoms with Crippen LogP contribution in [0.15, 0.2) is 304 Å². The van der Waals surface area contributed by atoms with Crippen LogP contribution < -0.4 is 0 Å². The number of nitrogens with zero attached hydrogens (tertiary/aromatic N) is 8. The van der Waals surface area contributed by atoms with Crippen LogP contribution in [0, 0.1) is 6.57 Å². The van der Waals surface area contributed by atoms with Gasteiger partial charge in [0.25, 0.3) is 0 Å².